The number of fused-ring (bicyclic) bond motifs is 1. The maximum atomic E-state index is 12.6. The Morgan fingerprint density at radius 1 is 1.31 bits per heavy atom. The van der Waals surface area contributed by atoms with E-state index in [0.717, 1.165) is 11.1 Å². The Labute approximate surface area is 150 Å². The number of H-pyrrole nitrogens is 1. The number of aryl methyl sites for hydroxylation is 1. The molecule has 1 saturated heterocycles. The maximum Gasteiger partial charge on any atom is 0.274 e. The van der Waals surface area contributed by atoms with Crippen LogP contribution in [0.5, 0.6) is 0 Å². The number of carbonyl (C=O) groups excluding carboxylic acids is 1. The summed E-state index contributed by atoms with van der Waals surface area (Å²) >= 11 is 0. The number of aromatic amines is 1. The van der Waals surface area contributed by atoms with Crippen LogP contribution >= 0.6 is 0 Å². The minimum absolute atomic E-state index is 0.0907. The van der Waals surface area contributed by atoms with E-state index < -0.39 is 9.84 Å². The number of anilines is 1. The molecule has 26 heavy (non-hydrogen) atoms. The summed E-state index contributed by atoms with van der Waals surface area (Å²) in [5.74, 6) is -0.0585. The number of rotatable bonds is 3. The van der Waals surface area contributed by atoms with E-state index in [2.05, 4.69) is 20.4 Å². The molecule has 3 aromatic rings. The second kappa shape index (κ2) is 5.94. The van der Waals surface area contributed by atoms with E-state index in [1.54, 1.807) is 23.9 Å². The number of nitrogens with one attached hydrogen (secondary N) is 2. The highest BCUT2D eigenvalue weighted by molar-refractivity contribution is 7.91. The summed E-state index contributed by atoms with van der Waals surface area (Å²) in [6.07, 6.45) is 2.32. The molecular weight excluding hydrogens is 354 g/mol. The van der Waals surface area contributed by atoms with E-state index in [4.69, 9.17) is 0 Å². The average molecular weight is 373 g/mol. The first kappa shape index (κ1) is 16.8. The number of aromatic nitrogens is 4. The lowest BCUT2D eigenvalue weighted by Crippen LogP contribution is -2.16. The van der Waals surface area contributed by atoms with Crippen molar-refractivity contribution in [3.8, 4) is 0 Å². The third-order valence-electron chi connectivity index (χ3n) is 4.76. The third-order valence-corrected chi connectivity index (χ3v) is 6.51. The van der Waals surface area contributed by atoms with Gasteiger partial charge in [0.25, 0.3) is 5.91 Å². The molecule has 3 aromatic heterocycles. The zero-order chi connectivity index (χ0) is 18.5. The van der Waals surface area contributed by atoms with Crippen molar-refractivity contribution in [3.05, 3.63) is 41.5 Å². The number of hydrogen-bond donors (Lipinski definition) is 2. The van der Waals surface area contributed by atoms with Gasteiger partial charge in [0.1, 0.15) is 11.3 Å². The van der Waals surface area contributed by atoms with Gasteiger partial charge < -0.3 is 10.3 Å². The molecule has 1 aliphatic rings. The summed E-state index contributed by atoms with van der Waals surface area (Å²) in [6, 6.07) is 5.21. The van der Waals surface area contributed by atoms with Gasteiger partial charge in [-0.15, -0.1) is 0 Å². The number of carbonyl (C=O) groups is 1. The monoisotopic (exact) mass is 373 g/mol. The lowest BCUT2D eigenvalue weighted by Gasteiger charge is -2.11. The molecule has 8 nitrogen and oxygen atoms in total. The summed E-state index contributed by atoms with van der Waals surface area (Å²) in [5, 5.41) is 8.26. The fraction of sp³-hybridized carbons (Fsp3) is 0.353. The van der Waals surface area contributed by atoms with E-state index in [0.29, 0.717) is 29.1 Å². The molecule has 1 amide bonds. The lowest BCUT2D eigenvalue weighted by atomic mass is 10.2. The molecule has 0 bridgehead atoms. The largest absolute Gasteiger partial charge is 0.346 e. The number of nitrogens with zero attached hydrogens (tertiary/aromatic N) is 3. The van der Waals surface area contributed by atoms with Gasteiger partial charge in [0.15, 0.2) is 9.84 Å². The van der Waals surface area contributed by atoms with Crippen molar-refractivity contribution in [3.63, 3.8) is 0 Å². The highest BCUT2D eigenvalue weighted by Gasteiger charge is 2.31. The first-order chi connectivity index (χ1) is 12.3. The van der Waals surface area contributed by atoms with Crippen molar-refractivity contribution in [2.45, 2.75) is 26.3 Å². The van der Waals surface area contributed by atoms with Gasteiger partial charge in [-0.2, -0.15) is 5.10 Å². The van der Waals surface area contributed by atoms with Crippen LogP contribution in [0.15, 0.2) is 24.4 Å². The van der Waals surface area contributed by atoms with Gasteiger partial charge in [0.05, 0.1) is 34.6 Å². The molecule has 0 spiro atoms. The molecule has 1 unspecified atom stereocenters. The minimum atomic E-state index is -3.01. The second-order valence-corrected chi connectivity index (χ2v) is 8.84. The first-order valence-corrected chi connectivity index (χ1v) is 10.2. The van der Waals surface area contributed by atoms with Gasteiger partial charge in [-0.3, -0.25) is 9.48 Å². The van der Waals surface area contributed by atoms with Crippen LogP contribution < -0.4 is 5.32 Å². The fourth-order valence-electron chi connectivity index (χ4n) is 3.40. The van der Waals surface area contributed by atoms with E-state index in [9.17, 15) is 13.2 Å². The van der Waals surface area contributed by atoms with Gasteiger partial charge in [0, 0.05) is 11.6 Å². The van der Waals surface area contributed by atoms with Crippen LogP contribution in [0.25, 0.3) is 11.0 Å². The topological polar surface area (TPSA) is 110 Å². The molecule has 2 N–H and O–H groups in total. The van der Waals surface area contributed by atoms with Gasteiger partial charge in [-0.1, -0.05) is 0 Å². The number of sulfone groups is 1. The van der Waals surface area contributed by atoms with Crippen LogP contribution in [0.1, 0.15) is 34.3 Å². The summed E-state index contributed by atoms with van der Waals surface area (Å²) < 4.78 is 25.2. The molecule has 0 radical (unpaired) electrons. The van der Waals surface area contributed by atoms with E-state index in [1.165, 1.54) is 0 Å². The molecule has 4 rings (SSSR count). The standard InChI is InChI=1S/C17H19N5O3S/c1-10-15(11(2)22(21-10)13-6-8-26(24,25)9-13)20-17(23)14-4-3-12-5-7-18-16(12)19-14/h3-5,7,13H,6,8-9H2,1-2H3,(H,18,19)(H,20,23). The zero-order valence-corrected chi connectivity index (χ0v) is 15.3. The van der Waals surface area contributed by atoms with Crippen molar-refractivity contribution in [2.24, 2.45) is 0 Å². The van der Waals surface area contributed by atoms with E-state index in [-0.39, 0.29) is 23.5 Å². The SMILES string of the molecule is Cc1nn(C2CCS(=O)(=O)C2)c(C)c1NC(=O)c1ccc2cc[nH]c2n1. The Balaban J connectivity index is 1.61. The van der Waals surface area contributed by atoms with Gasteiger partial charge in [-0.05, 0) is 38.5 Å². The average Bonchev–Trinajstić information content (AvgIpc) is 3.27. The number of amides is 1. The lowest BCUT2D eigenvalue weighted by molar-refractivity contribution is 0.102. The first-order valence-electron chi connectivity index (χ1n) is 8.36. The Kier molecular flexibility index (Phi) is 3.83. The van der Waals surface area contributed by atoms with Gasteiger partial charge in [0.2, 0.25) is 0 Å². The minimum Gasteiger partial charge on any atom is -0.346 e. The highest BCUT2D eigenvalue weighted by Crippen LogP contribution is 2.29. The Hall–Kier alpha value is -2.68. The van der Waals surface area contributed by atoms with Crippen molar-refractivity contribution < 1.29 is 13.2 Å². The summed E-state index contributed by atoms with van der Waals surface area (Å²) in [6.45, 7) is 3.63. The fourth-order valence-corrected chi connectivity index (χ4v) is 5.09. The second-order valence-electron chi connectivity index (χ2n) is 6.61. The molecule has 0 aromatic carbocycles. The predicted octanol–water partition coefficient (Wildman–Crippen LogP) is 1.99. The highest BCUT2D eigenvalue weighted by atomic mass is 32.2. The van der Waals surface area contributed by atoms with E-state index >= 15 is 0 Å². The predicted molar refractivity (Wildman–Crippen MR) is 98.1 cm³/mol. The molecule has 1 atom stereocenters. The normalized spacial score (nSPS) is 19.1. The molecule has 136 valence electrons. The smallest absolute Gasteiger partial charge is 0.274 e. The molecule has 9 heteroatoms. The van der Waals surface area contributed by atoms with Crippen LogP contribution in [0.2, 0.25) is 0 Å². The Bertz CT molecular complexity index is 1110. The van der Waals surface area contributed by atoms with Gasteiger partial charge >= 0.3 is 0 Å². The summed E-state index contributed by atoms with van der Waals surface area (Å²) in [5.41, 5.74) is 2.96. The molecule has 4 heterocycles. The van der Waals surface area contributed by atoms with Crippen LogP contribution in [-0.2, 0) is 9.84 Å². The number of hydrogen-bond acceptors (Lipinski definition) is 5. The molecule has 1 fully saturated rings. The molecule has 0 aliphatic carbocycles. The van der Waals surface area contributed by atoms with Crippen molar-refractivity contribution in [1.82, 2.24) is 19.7 Å². The van der Waals surface area contributed by atoms with Crippen LogP contribution in [0.3, 0.4) is 0 Å². The van der Waals surface area contributed by atoms with Gasteiger partial charge in [-0.25, -0.2) is 13.4 Å². The molecule has 0 saturated carbocycles. The van der Waals surface area contributed by atoms with Crippen molar-refractivity contribution in [2.75, 3.05) is 16.8 Å². The molecular formula is C17H19N5O3S. The quantitative estimate of drug-likeness (QED) is 0.729. The van der Waals surface area contributed by atoms with E-state index in [1.807, 2.05) is 19.1 Å². The van der Waals surface area contributed by atoms with Crippen LogP contribution in [0, 0.1) is 13.8 Å². The van der Waals surface area contributed by atoms with Crippen molar-refractivity contribution in [1.29, 1.82) is 0 Å². The summed E-state index contributed by atoms with van der Waals surface area (Å²) in [7, 11) is -3.01. The maximum absolute atomic E-state index is 12.6. The zero-order valence-electron chi connectivity index (χ0n) is 14.5. The van der Waals surface area contributed by atoms with Crippen molar-refractivity contribution >= 4 is 32.5 Å². The summed E-state index contributed by atoms with van der Waals surface area (Å²) in [4.78, 5) is 19.9. The molecule has 1 aliphatic heterocycles. The van der Waals surface area contributed by atoms with Crippen LogP contribution in [-0.4, -0.2) is 45.6 Å². The Morgan fingerprint density at radius 2 is 2.12 bits per heavy atom. The Morgan fingerprint density at radius 3 is 2.85 bits per heavy atom. The number of pyridine rings is 1. The van der Waals surface area contributed by atoms with Crippen LogP contribution in [0.4, 0.5) is 5.69 Å². The third kappa shape index (κ3) is 2.88.